The summed E-state index contributed by atoms with van der Waals surface area (Å²) in [5, 5.41) is 3.17. The topological polar surface area (TPSA) is 51.0 Å². The van der Waals surface area contributed by atoms with Crippen molar-refractivity contribution >= 4 is 44.3 Å². The smallest absolute Gasteiger partial charge is 0.199 e. The molecule has 6 heteroatoms. The van der Waals surface area contributed by atoms with Crippen LogP contribution < -0.4 is 5.32 Å². The normalized spacial score (nSPS) is 15.8. The molecule has 1 fully saturated rings. The van der Waals surface area contributed by atoms with E-state index >= 15 is 0 Å². The van der Waals surface area contributed by atoms with Crippen molar-refractivity contribution in [3.63, 3.8) is 0 Å². The molecule has 0 spiro atoms. The number of rotatable bonds is 3. The third-order valence-electron chi connectivity index (χ3n) is 3.68. The van der Waals surface area contributed by atoms with Crippen LogP contribution in [-0.2, 0) is 0 Å². The highest BCUT2D eigenvalue weighted by molar-refractivity contribution is 14.1. The van der Waals surface area contributed by atoms with Crippen LogP contribution in [0.15, 0.2) is 21.2 Å². The number of nitrogens with one attached hydrogen (secondary N) is 1. The highest BCUT2D eigenvalue weighted by atomic mass is 127. The molecule has 0 amide bonds. The number of hydrogen-bond donors (Lipinski definition) is 1. The Morgan fingerprint density at radius 2 is 2.10 bits per heavy atom. The van der Waals surface area contributed by atoms with Gasteiger partial charge in [0.1, 0.15) is 5.82 Å². The van der Waals surface area contributed by atoms with Crippen LogP contribution in [0.3, 0.4) is 0 Å². The molecule has 0 aliphatic heterocycles. The summed E-state index contributed by atoms with van der Waals surface area (Å²) in [5.74, 6) is 2.76. The van der Waals surface area contributed by atoms with E-state index in [1.807, 2.05) is 13.1 Å². The summed E-state index contributed by atoms with van der Waals surface area (Å²) in [6, 6.07) is 1.87. The lowest BCUT2D eigenvalue weighted by Gasteiger charge is -2.14. The van der Waals surface area contributed by atoms with Gasteiger partial charge in [-0.05, 0) is 57.4 Å². The minimum absolute atomic E-state index is 0.546. The van der Waals surface area contributed by atoms with Crippen molar-refractivity contribution in [2.24, 2.45) is 0 Å². The van der Waals surface area contributed by atoms with Gasteiger partial charge in [0.25, 0.3) is 0 Å². The predicted molar refractivity (Wildman–Crippen MR) is 90.9 cm³/mol. The number of anilines is 1. The van der Waals surface area contributed by atoms with E-state index in [1.54, 1.807) is 6.26 Å². The maximum Gasteiger partial charge on any atom is 0.199 e. The van der Waals surface area contributed by atoms with Gasteiger partial charge in [-0.25, -0.2) is 9.97 Å². The fraction of sp³-hybridized carbons (Fsp3) is 0.429. The molecule has 4 nitrogen and oxygen atoms in total. The molecule has 1 aliphatic rings. The van der Waals surface area contributed by atoms with E-state index in [2.05, 4.69) is 48.8 Å². The lowest BCUT2D eigenvalue weighted by molar-refractivity contribution is 0.574. The first kappa shape index (κ1) is 14.3. The van der Waals surface area contributed by atoms with E-state index in [4.69, 9.17) is 9.40 Å². The minimum Gasteiger partial charge on any atom is -0.460 e. The lowest BCUT2D eigenvalue weighted by atomic mass is 10.0. The number of furan rings is 1. The zero-order valence-electron chi connectivity index (χ0n) is 11.1. The van der Waals surface area contributed by atoms with Crippen LogP contribution in [0.4, 0.5) is 5.82 Å². The van der Waals surface area contributed by atoms with Gasteiger partial charge in [-0.15, -0.1) is 0 Å². The molecule has 0 aromatic carbocycles. The monoisotopic (exact) mass is 447 g/mol. The van der Waals surface area contributed by atoms with Gasteiger partial charge in [0.15, 0.2) is 11.6 Å². The average Bonchev–Trinajstić information content (AvgIpc) is 3.10. The van der Waals surface area contributed by atoms with Crippen molar-refractivity contribution in [1.82, 2.24) is 9.97 Å². The van der Waals surface area contributed by atoms with E-state index in [0.717, 1.165) is 19.6 Å². The second-order valence-electron chi connectivity index (χ2n) is 4.92. The second-order valence-corrected chi connectivity index (χ2v) is 6.86. The van der Waals surface area contributed by atoms with E-state index < -0.39 is 0 Å². The fourth-order valence-electron chi connectivity index (χ4n) is 2.65. The molecule has 0 bridgehead atoms. The molecule has 1 N–H and O–H groups in total. The van der Waals surface area contributed by atoms with E-state index in [9.17, 15) is 0 Å². The Hall–Kier alpha value is -0.630. The summed E-state index contributed by atoms with van der Waals surface area (Å²) in [6.45, 7) is 0. The number of halogens is 2. The second kappa shape index (κ2) is 6.01. The molecule has 20 heavy (non-hydrogen) atoms. The van der Waals surface area contributed by atoms with Crippen molar-refractivity contribution in [1.29, 1.82) is 0 Å². The molecule has 0 atom stereocenters. The van der Waals surface area contributed by atoms with Gasteiger partial charge < -0.3 is 9.73 Å². The maximum atomic E-state index is 5.51. The molecule has 106 valence electrons. The maximum absolute atomic E-state index is 5.51. The third kappa shape index (κ3) is 2.59. The SMILES string of the molecule is CNc1nc(-c2occc2Br)nc(C2CCCC2)c1I. The summed E-state index contributed by atoms with van der Waals surface area (Å²) < 4.78 is 7.52. The molecular weight excluding hydrogens is 433 g/mol. The Morgan fingerprint density at radius 3 is 2.70 bits per heavy atom. The lowest BCUT2D eigenvalue weighted by Crippen LogP contribution is -2.08. The van der Waals surface area contributed by atoms with Gasteiger partial charge in [0.2, 0.25) is 0 Å². The Kier molecular flexibility index (Phi) is 4.30. The van der Waals surface area contributed by atoms with Crippen LogP contribution in [0.5, 0.6) is 0 Å². The molecule has 1 saturated carbocycles. The van der Waals surface area contributed by atoms with E-state index in [1.165, 1.54) is 25.7 Å². The summed E-state index contributed by atoms with van der Waals surface area (Å²) in [7, 11) is 1.89. The van der Waals surface area contributed by atoms with Crippen molar-refractivity contribution in [2.45, 2.75) is 31.6 Å². The zero-order valence-corrected chi connectivity index (χ0v) is 14.9. The molecule has 2 aromatic heterocycles. The van der Waals surface area contributed by atoms with Crippen molar-refractivity contribution in [2.75, 3.05) is 12.4 Å². The highest BCUT2D eigenvalue weighted by Gasteiger charge is 2.25. The first-order valence-electron chi connectivity index (χ1n) is 6.69. The number of aromatic nitrogens is 2. The van der Waals surface area contributed by atoms with Crippen LogP contribution in [-0.4, -0.2) is 17.0 Å². The van der Waals surface area contributed by atoms with Crippen LogP contribution in [0.2, 0.25) is 0 Å². The van der Waals surface area contributed by atoms with Gasteiger partial charge in [-0.2, -0.15) is 0 Å². The average molecular weight is 448 g/mol. The summed E-state index contributed by atoms with van der Waals surface area (Å²) in [6.07, 6.45) is 6.66. The Balaban J connectivity index is 2.12. The van der Waals surface area contributed by atoms with Crippen LogP contribution >= 0.6 is 38.5 Å². The molecular formula is C14H15BrIN3O. The Labute approximate surface area is 140 Å². The van der Waals surface area contributed by atoms with Gasteiger partial charge >= 0.3 is 0 Å². The van der Waals surface area contributed by atoms with Crippen LogP contribution in [0.25, 0.3) is 11.6 Å². The zero-order chi connectivity index (χ0) is 14.1. The minimum atomic E-state index is 0.546. The fourth-order valence-corrected chi connectivity index (χ4v) is 3.98. The number of nitrogens with zero attached hydrogens (tertiary/aromatic N) is 2. The van der Waals surface area contributed by atoms with E-state index in [0.29, 0.717) is 17.5 Å². The van der Waals surface area contributed by atoms with E-state index in [-0.39, 0.29) is 0 Å². The van der Waals surface area contributed by atoms with Crippen molar-refractivity contribution in [3.8, 4) is 11.6 Å². The molecule has 0 radical (unpaired) electrons. The van der Waals surface area contributed by atoms with Crippen LogP contribution in [0.1, 0.15) is 37.3 Å². The van der Waals surface area contributed by atoms with Crippen LogP contribution in [0, 0.1) is 3.57 Å². The van der Waals surface area contributed by atoms with Gasteiger partial charge in [0.05, 0.1) is 20.0 Å². The predicted octanol–water partition coefficient (Wildman–Crippen LogP) is 4.80. The third-order valence-corrected chi connectivity index (χ3v) is 5.36. The molecule has 0 saturated heterocycles. The molecule has 1 aliphatic carbocycles. The van der Waals surface area contributed by atoms with Gasteiger partial charge in [0, 0.05) is 13.0 Å². The number of hydrogen-bond acceptors (Lipinski definition) is 4. The Bertz CT molecular complexity index is 623. The van der Waals surface area contributed by atoms with Gasteiger partial charge in [-0.1, -0.05) is 12.8 Å². The molecule has 2 heterocycles. The molecule has 2 aromatic rings. The summed E-state index contributed by atoms with van der Waals surface area (Å²) in [5.41, 5.74) is 1.15. The van der Waals surface area contributed by atoms with Crippen molar-refractivity contribution in [3.05, 3.63) is 26.1 Å². The Morgan fingerprint density at radius 1 is 1.35 bits per heavy atom. The molecule has 3 rings (SSSR count). The van der Waals surface area contributed by atoms with Crippen molar-refractivity contribution < 1.29 is 4.42 Å². The largest absolute Gasteiger partial charge is 0.460 e. The first-order chi connectivity index (χ1) is 9.70. The van der Waals surface area contributed by atoms with Gasteiger partial charge in [-0.3, -0.25) is 0 Å². The molecule has 0 unspecified atom stereocenters. The standard InChI is InChI=1S/C14H15BrIN3O/c1-17-13-10(16)11(8-4-2-3-5-8)18-14(19-13)12-9(15)6-7-20-12/h6-8H,2-5H2,1H3,(H,17,18,19). The summed E-state index contributed by atoms with van der Waals surface area (Å²) >= 11 is 5.82. The highest BCUT2D eigenvalue weighted by Crippen LogP contribution is 2.38. The quantitative estimate of drug-likeness (QED) is 0.686. The first-order valence-corrected chi connectivity index (χ1v) is 8.56. The summed E-state index contributed by atoms with van der Waals surface area (Å²) in [4.78, 5) is 9.36.